The molecular formula is C108H94Ir3N3O12-3. The molecule has 0 spiro atoms. The van der Waals surface area contributed by atoms with E-state index in [1.165, 1.54) is 98.7 Å². The molecular weight excluding hydrogens is 2110 g/mol. The molecule has 15 nitrogen and oxygen atoms in total. The molecule has 9 aromatic heterocycles. The largest absolute Gasteiger partial charge is 0.512 e. The Kier molecular flexibility index (Phi) is 30.5. The van der Waals surface area contributed by atoms with Gasteiger partial charge in [0.25, 0.3) is 0 Å². The van der Waals surface area contributed by atoms with Gasteiger partial charge in [0.2, 0.25) is 0 Å². The Morgan fingerprint density at radius 2 is 0.659 bits per heavy atom. The van der Waals surface area contributed by atoms with Crippen molar-refractivity contribution in [1.29, 1.82) is 0 Å². The van der Waals surface area contributed by atoms with Gasteiger partial charge in [0.05, 0.1) is 34.0 Å². The number of carbonyl (C=O) groups excluding carboxylic acids is 3. The molecule has 3 radical (unpaired) electrons. The Balaban J connectivity index is 0.000000163. The SMILES string of the molecule is CC(=O)C=C(C)O.CC(=O)C=C(C)O.CC(=O)C=C(C)O.CC(C)(C)c1ccc(-c2cc3cnc(-c4[c-]ccc5c4oc4ccccc45)cc3o2)cc1.CC(C)c1cc(-c2cc3cnc(-c4[c-]ccc5c4oc4ccccc45)cc3o2)cc(C(C)C)c1.Cc1cccc(C)c1-c1ccc(-c2cc3cnc(-c4[c-]ccc5c4oc4ccccc45)cc3o2)cc1.[Ir].[Ir].[Ir]. The summed E-state index contributed by atoms with van der Waals surface area (Å²) in [6.45, 7) is 28.4. The number of hydrogen-bond donors (Lipinski definition) is 3. The number of pyridine rings is 3. The summed E-state index contributed by atoms with van der Waals surface area (Å²) < 4.78 is 37.4. The summed E-state index contributed by atoms with van der Waals surface area (Å²) in [5, 5.41) is 34.5. The number of ketones is 3. The van der Waals surface area contributed by atoms with Crippen molar-refractivity contribution in [2.75, 3.05) is 0 Å². The maximum absolute atomic E-state index is 10.0. The van der Waals surface area contributed by atoms with E-state index in [1.54, 1.807) is 0 Å². The minimum atomic E-state index is -0.125. The predicted molar refractivity (Wildman–Crippen MR) is 496 cm³/mol. The number of aliphatic hydroxyl groups excluding tert-OH is 3. The first-order valence-corrected chi connectivity index (χ1v) is 40.7. The number of aromatic nitrogens is 3. The number of furan rings is 6. The van der Waals surface area contributed by atoms with Gasteiger partial charge in [-0.15, -0.1) is 54.6 Å². The third kappa shape index (κ3) is 21.8. The number of para-hydroxylation sites is 3. The fraction of sp³-hybridized carbons (Fsp3) is 0.167. The van der Waals surface area contributed by atoms with Gasteiger partial charge in [-0.05, 0) is 195 Å². The molecule has 0 aliphatic heterocycles. The molecule has 0 bridgehead atoms. The molecule has 0 saturated heterocycles. The van der Waals surface area contributed by atoms with Crippen molar-refractivity contribution < 1.29 is 117 Å². The molecule has 643 valence electrons. The number of aryl methyl sites for hydroxylation is 2. The van der Waals surface area contributed by atoms with Crippen LogP contribution >= 0.6 is 0 Å². The molecule has 10 aromatic carbocycles. The van der Waals surface area contributed by atoms with Crippen molar-refractivity contribution in [1.82, 2.24) is 15.0 Å². The van der Waals surface area contributed by atoms with Gasteiger partial charge in [-0.2, -0.15) is 0 Å². The first-order valence-electron chi connectivity index (χ1n) is 40.7. The van der Waals surface area contributed by atoms with E-state index < -0.39 is 0 Å². The Morgan fingerprint density at radius 3 is 0.960 bits per heavy atom. The third-order valence-corrected chi connectivity index (χ3v) is 20.8. The Morgan fingerprint density at radius 1 is 0.349 bits per heavy atom. The normalized spacial score (nSPS) is 11.6. The minimum absolute atomic E-state index is 0. The van der Waals surface area contributed by atoms with Crippen LogP contribution < -0.4 is 0 Å². The number of fused-ring (bicyclic) bond motifs is 12. The maximum Gasteiger partial charge on any atom is 0.155 e. The van der Waals surface area contributed by atoms with Gasteiger partial charge < -0.3 is 56.8 Å². The fourth-order valence-corrected chi connectivity index (χ4v) is 14.9. The van der Waals surface area contributed by atoms with Gasteiger partial charge in [0.15, 0.2) is 17.3 Å². The zero-order valence-electron chi connectivity index (χ0n) is 72.4. The predicted octanol–water partition coefficient (Wildman–Crippen LogP) is 29.5. The van der Waals surface area contributed by atoms with Crippen LogP contribution in [0.1, 0.15) is 130 Å². The summed E-state index contributed by atoms with van der Waals surface area (Å²) in [7, 11) is 0. The van der Waals surface area contributed by atoms with Crippen molar-refractivity contribution in [3.05, 3.63) is 331 Å². The van der Waals surface area contributed by atoms with Crippen LogP contribution in [-0.4, -0.2) is 47.6 Å². The first-order chi connectivity index (χ1) is 59.0. The number of rotatable bonds is 12. The summed E-state index contributed by atoms with van der Waals surface area (Å²) in [4.78, 5) is 44.2. The molecule has 3 N–H and O–H groups in total. The van der Waals surface area contributed by atoms with Gasteiger partial charge in [0, 0.05) is 146 Å². The van der Waals surface area contributed by atoms with E-state index in [0.717, 1.165) is 166 Å². The zero-order valence-corrected chi connectivity index (χ0v) is 79.6. The van der Waals surface area contributed by atoms with E-state index in [2.05, 4.69) is 190 Å². The molecule has 0 fully saturated rings. The van der Waals surface area contributed by atoms with Crippen molar-refractivity contribution in [2.24, 2.45) is 0 Å². The van der Waals surface area contributed by atoms with Crippen LogP contribution in [0.4, 0.5) is 0 Å². The summed E-state index contributed by atoms with van der Waals surface area (Å²) in [5.74, 6) is 3.25. The van der Waals surface area contributed by atoms with Gasteiger partial charge in [0.1, 0.15) is 50.8 Å². The maximum atomic E-state index is 10.0. The summed E-state index contributed by atoms with van der Waals surface area (Å²) in [6.07, 6.45) is 9.09. The number of carbonyl (C=O) groups is 3. The molecule has 126 heavy (non-hydrogen) atoms. The second kappa shape index (κ2) is 40.9. The Bertz CT molecular complexity index is 7140. The van der Waals surface area contributed by atoms with Crippen LogP contribution in [0.15, 0.2) is 311 Å². The zero-order chi connectivity index (χ0) is 87.1. The standard InChI is InChI=1S/C33H22NO2.C31H26NO2.C29H22NO2.3C5H8O2.3Ir/c1-20-7-5-8-21(2)32(20)23-15-13-22(14-16-23)30-17-24-19-34-28(18-31(24)35-30)27-11-6-10-26-25-9-3-4-12-29(25)36-33(26)27;1-18(2)20-12-21(19(3)4)14-22(13-20)29-15-23-17-32-27(16-30(23)33-29)26-10-7-9-25-24-8-5-6-11-28(24)34-31(25)26;1-29(2,3)20-13-11-18(12-14-20)26-15-19-17-30-24(16-27(19)31-26)23-9-6-8-22-21-7-4-5-10-25(21)32-28(22)23;3*1-4(6)3-5(2)7;;;/h3-10,12-19H,1-2H3;5-9,11-19H,1-4H3;4-8,10-17H,1-3H3;3*3,6H,1-2H3;;;/q3*-1;;;;;;. The van der Waals surface area contributed by atoms with Crippen molar-refractivity contribution >= 4 is 116 Å². The molecule has 0 aliphatic carbocycles. The Hall–Kier alpha value is -12.8. The monoisotopic (exact) mass is 2200 g/mol. The van der Waals surface area contributed by atoms with E-state index in [9.17, 15) is 14.4 Å². The number of allylic oxidation sites excluding steroid dienone is 6. The molecule has 18 heteroatoms. The van der Waals surface area contributed by atoms with Crippen molar-refractivity contribution in [3.63, 3.8) is 0 Å². The smallest absolute Gasteiger partial charge is 0.155 e. The van der Waals surface area contributed by atoms with Crippen LogP contribution in [-0.2, 0) is 80.1 Å². The van der Waals surface area contributed by atoms with E-state index in [-0.39, 0.29) is 100 Å². The molecule has 0 unspecified atom stereocenters. The average molecular weight is 2200 g/mol. The molecule has 0 saturated carbocycles. The second-order valence-corrected chi connectivity index (χ2v) is 32.3. The molecule has 0 amide bonds. The van der Waals surface area contributed by atoms with Gasteiger partial charge in [-0.1, -0.05) is 209 Å². The molecule has 19 aromatic rings. The van der Waals surface area contributed by atoms with E-state index in [1.807, 2.05) is 140 Å². The molecule has 0 atom stereocenters. The second-order valence-electron chi connectivity index (χ2n) is 32.3. The quantitative estimate of drug-likeness (QED) is 0.0587. The van der Waals surface area contributed by atoms with Gasteiger partial charge in [-0.25, -0.2) is 0 Å². The van der Waals surface area contributed by atoms with Gasteiger partial charge in [-0.3, -0.25) is 14.4 Å². The molecule has 9 heterocycles. The number of benzene rings is 10. The number of aliphatic hydroxyl groups is 3. The van der Waals surface area contributed by atoms with E-state index in [4.69, 9.17) is 56.8 Å². The molecule has 19 rings (SSSR count). The summed E-state index contributed by atoms with van der Waals surface area (Å²) in [5.41, 5.74) is 24.6. The van der Waals surface area contributed by atoms with E-state index >= 15 is 0 Å². The van der Waals surface area contributed by atoms with Crippen LogP contribution in [0.25, 0.3) is 178 Å². The van der Waals surface area contributed by atoms with Crippen molar-refractivity contribution in [3.8, 4) is 78.9 Å². The van der Waals surface area contributed by atoms with Crippen LogP contribution in [0.3, 0.4) is 0 Å². The molecule has 0 aliphatic rings. The topological polar surface area (TPSA) is 229 Å². The van der Waals surface area contributed by atoms with Crippen LogP contribution in [0.2, 0.25) is 0 Å². The van der Waals surface area contributed by atoms with E-state index in [0.29, 0.717) is 11.8 Å². The van der Waals surface area contributed by atoms with Crippen molar-refractivity contribution in [2.45, 2.75) is 121 Å². The fourth-order valence-electron chi connectivity index (χ4n) is 14.9. The summed E-state index contributed by atoms with van der Waals surface area (Å²) >= 11 is 0. The number of hydrogen-bond acceptors (Lipinski definition) is 15. The van der Waals surface area contributed by atoms with Crippen LogP contribution in [0.5, 0.6) is 0 Å². The Labute approximate surface area is 772 Å². The summed E-state index contributed by atoms with van der Waals surface area (Å²) in [6, 6.07) is 88.6. The average Bonchev–Trinajstić information content (AvgIpc) is 1.61. The van der Waals surface area contributed by atoms with Gasteiger partial charge >= 0.3 is 0 Å². The van der Waals surface area contributed by atoms with Crippen LogP contribution in [0, 0.1) is 32.0 Å². The minimum Gasteiger partial charge on any atom is -0.512 e. The first kappa shape index (κ1) is 93.9. The number of nitrogens with zero attached hydrogens (tertiary/aromatic N) is 3. The third-order valence-electron chi connectivity index (χ3n) is 20.8.